The predicted molar refractivity (Wildman–Crippen MR) is 160 cm³/mol. The number of amides is 2. The average Bonchev–Trinajstić information content (AvgIpc) is 2.95. The van der Waals surface area contributed by atoms with Gasteiger partial charge in [0.2, 0.25) is 5.91 Å². The van der Waals surface area contributed by atoms with Gasteiger partial charge in [-0.15, -0.1) is 0 Å². The maximum absolute atomic E-state index is 13.9. The fourth-order valence-corrected chi connectivity index (χ4v) is 5.51. The fourth-order valence-electron chi connectivity index (χ4n) is 5.51. The SMILES string of the molecule is CC(=O)NC1CCN(c2cc(C(=O)Nc3ccc(C)c(-c4cc5cnc(C)cc5n(C)c4=O)c3)cc(C(F)(F)F)c2)CC1. The molecule has 0 radical (unpaired) electrons. The number of anilines is 2. The van der Waals surface area contributed by atoms with Crippen LogP contribution in [0.1, 0.15) is 46.9 Å². The summed E-state index contributed by atoms with van der Waals surface area (Å²) in [4.78, 5) is 44.2. The Hall–Kier alpha value is -4.67. The first-order chi connectivity index (χ1) is 20.3. The molecule has 224 valence electrons. The van der Waals surface area contributed by atoms with Crippen LogP contribution in [0.5, 0.6) is 0 Å². The van der Waals surface area contributed by atoms with Crippen LogP contribution in [0.25, 0.3) is 22.0 Å². The summed E-state index contributed by atoms with van der Waals surface area (Å²) in [6.07, 6.45) is -1.80. The number of nitrogens with zero attached hydrogens (tertiary/aromatic N) is 3. The number of carbonyl (C=O) groups excluding carboxylic acids is 2. The minimum Gasteiger partial charge on any atom is -0.371 e. The van der Waals surface area contributed by atoms with Crippen molar-refractivity contribution in [3.8, 4) is 11.1 Å². The van der Waals surface area contributed by atoms with Gasteiger partial charge in [0.15, 0.2) is 0 Å². The van der Waals surface area contributed by atoms with Crippen molar-refractivity contribution in [2.45, 2.75) is 45.8 Å². The highest BCUT2D eigenvalue weighted by Crippen LogP contribution is 2.34. The van der Waals surface area contributed by atoms with Crippen molar-refractivity contribution in [1.82, 2.24) is 14.9 Å². The molecule has 0 saturated carbocycles. The van der Waals surface area contributed by atoms with Crippen molar-refractivity contribution < 1.29 is 22.8 Å². The number of hydrogen-bond donors (Lipinski definition) is 2. The first-order valence-electron chi connectivity index (χ1n) is 13.9. The number of fused-ring (bicyclic) bond motifs is 1. The molecular weight excluding hydrogens is 559 g/mol. The predicted octanol–water partition coefficient (Wildman–Crippen LogP) is 5.59. The number of hydrogen-bond acceptors (Lipinski definition) is 5. The van der Waals surface area contributed by atoms with Crippen LogP contribution in [0.3, 0.4) is 0 Å². The molecule has 5 rings (SSSR count). The molecule has 1 fully saturated rings. The molecule has 2 amide bonds. The van der Waals surface area contributed by atoms with E-state index in [0.717, 1.165) is 34.3 Å². The van der Waals surface area contributed by atoms with Gasteiger partial charge < -0.3 is 20.1 Å². The molecule has 3 heterocycles. The maximum Gasteiger partial charge on any atom is 0.416 e. The topological polar surface area (TPSA) is 96.3 Å². The Morgan fingerprint density at radius 2 is 1.70 bits per heavy atom. The molecule has 4 aromatic rings. The number of alkyl halides is 3. The molecule has 1 aliphatic rings. The average molecular weight is 592 g/mol. The van der Waals surface area contributed by atoms with Gasteiger partial charge in [0.1, 0.15) is 0 Å². The van der Waals surface area contributed by atoms with Gasteiger partial charge in [-0.05, 0) is 80.3 Å². The van der Waals surface area contributed by atoms with E-state index in [9.17, 15) is 27.6 Å². The van der Waals surface area contributed by atoms with Gasteiger partial charge in [-0.25, -0.2) is 0 Å². The summed E-state index contributed by atoms with van der Waals surface area (Å²) in [6.45, 7) is 5.99. The summed E-state index contributed by atoms with van der Waals surface area (Å²) >= 11 is 0. The second-order valence-corrected chi connectivity index (χ2v) is 11.0. The van der Waals surface area contributed by atoms with Crippen molar-refractivity contribution in [3.05, 3.63) is 87.5 Å². The minimum absolute atomic E-state index is 0.0436. The molecule has 1 aliphatic heterocycles. The Kier molecular flexibility index (Phi) is 8.00. The number of aryl methyl sites for hydroxylation is 3. The third kappa shape index (κ3) is 6.40. The number of nitrogens with one attached hydrogen (secondary N) is 2. The van der Waals surface area contributed by atoms with Gasteiger partial charge in [-0.1, -0.05) is 6.07 Å². The molecule has 2 N–H and O–H groups in total. The van der Waals surface area contributed by atoms with Crippen LogP contribution in [0.15, 0.2) is 59.5 Å². The van der Waals surface area contributed by atoms with E-state index in [1.807, 2.05) is 19.9 Å². The Balaban J connectivity index is 1.45. The molecular formula is C32H32F3N5O3. The zero-order chi connectivity index (χ0) is 31.1. The number of carbonyl (C=O) groups is 2. The molecule has 43 heavy (non-hydrogen) atoms. The fraction of sp³-hybridized carbons (Fsp3) is 0.312. The second-order valence-electron chi connectivity index (χ2n) is 11.0. The summed E-state index contributed by atoms with van der Waals surface area (Å²) in [5.41, 5.74) is 2.65. The van der Waals surface area contributed by atoms with Crippen LogP contribution in [-0.4, -0.2) is 40.5 Å². The van der Waals surface area contributed by atoms with Gasteiger partial charge in [-0.2, -0.15) is 13.2 Å². The van der Waals surface area contributed by atoms with Crippen LogP contribution in [0.4, 0.5) is 24.5 Å². The lowest BCUT2D eigenvalue weighted by molar-refractivity contribution is -0.137. The highest BCUT2D eigenvalue weighted by atomic mass is 19.4. The summed E-state index contributed by atoms with van der Waals surface area (Å²) in [7, 11) is 1.68. The van der Waals surface area contributed by atoms with E-state index in [1.165, 1.54) is 13.0 Å². The standard InChI is InChI=1S/C32H32F3N5O3/c1-18-5-6-25(16-27(18)28-14-22-17-36-19(2)11-29(22)39(4)31(28)43)38-30(42)21-12-23(32(33,34)35)15-26(13-21)40-9-7-24(8-10-40)37-20(3)41/h5-6,11-17,24H,7-10H2,1-4H3,(H,37,41)(H,38,42). The maximum atomic E-state index is 13.9. The van der Waals surface area contributed by atoms with Gasteiger partial charge in [0.05, 0.1) is 11.1 Å². The first-order valence-corrected chi connectivity index (χ1v) is 13.9. The molecule has 8 nitrogen and oxygen atoms in total. The van der Waals surface area contributed by atoms with Crippen LogP contribution in [0.2, 0.25) is 0 Å². The third-order valence-corrected chi connectivity index (χ3v) is 7.81. The monoisotopic (exact) mass is 591 g/mol. The molecule has 0 unspecified atom stereocenters. The van der Waals surface area contributed by atoms with Crippen molar-refractivity contribution in [2.24, 2.45) is 7.05 Å². The smallest absolute Gasteiger partial charge is 0.371 e. The zero-order valence-electron chi connectivity index (χ0n) is 24.3. The van der Waals surface area contributed by atoms with E-state index in [1.54, 1.807) is 47.0 Å². The molecule has 2 aromatic heterocycles. The Labute approximate surface area is 246 Å². The molecule has 0 aliphatic carbocycles. The largest absolute Gasteiger partial charge is 0.416 e. The van der Waals surface area contributed by atoms with Crippen molar-refractivity contribution in [2.75, 3.05) is 23.3 Å². The van der Waals surface area contributed by atoms with Crippen LogP contribution < -0.4 is 21.1 Å². The van der Waals surface area contributed by atoms with Crippen LogP contribution in [0, 0.1) is 13.8 Å². The van der Waals surface area contributed by atoms with Gasteiger partial charge in [0.25, 0.3) is 11.5 Å². The van der Waals surface area contributed by atoms with Crippen molar-refractivity contribution >= 4 is 34.1 Å². The summed E-state index contributed by atoms with van der Waals surface area (Å²) < 4.78 is 43.1. The quantitative estimate of drug-likeness (QED) is 0.315. The summed E-state index contributed by atoms with van der Waals surface area (Å²) in [5, 5.41) is 6.34. The van der Waals surface area contributed by atoms with E-state index < -0.39 is 17.6 Å². The number of rotatable bonds is 5. The highest BCUT2D eigenvalue weighted by Gasteiger charge is 2.33. The number of aromatic nitrogens is 2. The van der Waals surface area contributed by atoms with Crippen molar-refractivity contribution in [3.63, 3.8) is 0 Å². The zero-order valence-corrected chi connectivity index (χ0v) is 24.3. The highest BCUT2D eigenvalue weighted by molar-refractivity contribution is 6.05. The molecule has 0 atom stereocenters. The summed E-state index contributed by atoms with van der Waals surface area (Å²) in [5.74, 6) is -0.856. The lowest BCUT2D eigenvalue weighted by Crippen LogP contribution is -2.44. The van der Waals surface area contributed by atoms with Gasteiger partial charge in [-0.3, -0.25) is 19.4 Å². The number of benzene rings is 2. The lowest BCUT2D eigenvalue weighted by atomic mass is 9.99. The van der Waals surface area contributed by atoms with E-state index in [-0.39, 0.29) is 28.8 Å². The number of pyridine rings is 2. The normalized spacial score (nSPS) is 14.2. The molecule has 0 bridgehead atoms. The second kappa shape index (κ2) is 11.5. The summed E-state index contributed by atoms with van der Waals surface area (Å²) in [6, 6.07) is 11.9. The lowest BCUT2D eigenvalue weighted by Gasteiger charge is -2.34. The van der Waals surface area contributed by atoms with Gasteiger partial charge in [0, 0.05) is 72.9 Å². The van der Waals surface area contributed by atoms with Crippen LogP contribution in [-0.2, 0) is 18.0 Å². The van der Waals surface area contributed by atoms with Crippen molar-refractivity contribution in [1.29, 1.82) is 0 Å². The van der Waals surface area contributed by atoms with E-state index >= 15 is 0 Å². The molecule has 11 heteroatoms. The molecule has 2 aromatic carbocycles. The number of piperidine rings is 1. The number of halogens is 3. The Morgan fingerprint density at radius 3 is 2.37 bits per heavy atom. The molecule has 1 saturated heterocycles. The van der Waals surface area contributed by atoms with Crippen LogP contribution >= 0.6 is 0 Å². The van der Waals surface area contributed by atoms with E-state index in [0.29, 0.717) is 42.7 Å². The Bertz CT molecular complexity index is 1790. The van der Waals surface area contributed by atoms with E-state index in [2.05, 4.69) is 15.6 Å². The Morgan fingerprint density at radius 1 is 0.977 bits per heavy atom. The van der Waals surface area contributed by atoms with Gasteiger partial charge >= 0.3 is 6.18 Å². The third-order valence-electron chi connectivity index (χ3n) is 7.81. The van der Waals surface area contributed by atoms with E-state index in [4.69, 9.17) is 0 Å². The minimum atomic E-state index is -4.65. The first kappa shape index (κ1) is 29.8. The molecule has 0 spiro atoms.